The van der Waals surface area contributed by atoms with Gasteiger partial charge in [-0.15, -0.1) is 0 Å². The Balaban J connectivity index is 1.30. The van der Waals surface area contributed by atoms with Gasteiger partial charge in [0.1, 0.15) is 30.7 Å². The fraction of sp³-hybridized carbons (Fsp3) is 0.250. The van der Waals surface area contributed by atoms with Gasteiger partial charge in [0.25, 0.3) is 0 Å². The van der Waals surface area contributed by atoms with Gasteiger partial charge in [-0.2, -0.15) is 0 Å². The average molecular weight is 596 g/mol. The van der Waals surface area contributed by atoms with E-state index in [1.54, 1.807) is 32.9 Å². The molecule has 0 bridgehead atoms. The fourth-order valence-electron chi connectivity index (χ4n) is 5.20. The minimum atomic E-state index is -1.25. The summed E-state index contributed by atoms with van der Waals surface area (Å²) in [4.78, 5) is 38.7. The van der Waals surface area contributed by atoms with Crippen molar-refractivity contribution in [1.82, 2.24) is 5.32 Å². The van der Waals surface area contributed by atoms with E-state index in [9.17, 15) is 14.4 Å². The number of alkyl carbamates (subject to hydrolysis) is 1. The number of esters is 2. The first-order valence-corrected chi connectivity index (χ1v) is 14.4. The summed E-state index contributed by atoms with van der Waals surface area (Å²) in [5, 5.41) is 2.58. The second kappa shape index (κ2) is 13.1. The van der Waals surface area contributed by atoms with Gasteiger partial charge in [0, 0.05) is 12.3 Å². The summed E-state index contributed by atoms with van der Waals surface area (Å²) in [7, 11) is 0. The monoisotopic (exact) mass is 595 g/mol. The number of hydrogen-bond donors (Lipinski definition) is 1. The van der Waals surface area contributed by atoms with Crippen LogP contribution in [0, 0.1) is 5.82 Å². The molecular weight excluding hydrogens is 561 g/mol. The number of rotatable bonds is 9. The lowest BCUT2D eigenvalue weighted by Gasteiger charge is -2.21. The van der Waals surface area contributed by atoms with Crippen molar-refractivity contribution >= 4 is 18.0 Å². The molecule has 226 valence electrons. The molecule has 7 nitrogen and oxygen atoms in total. The molecule has 0 radical (unpaired) electrons. The number of halogens is 1. The van der Waals surface area contributed by atoms with Crippen LogP contribution in [0.15, 0.2) is 97.1 Å². The number of carbonyl (C=O) groups excluding carboxylic acids is 3. The van der Waals surface area contributed by atoms with Crippen molar-refractivity contribution < 1.29 is 33.0 Å². The largest absolute Gasteiger partial charge is 0.459 e. The summed E-state index contributed by atoms with van der Waals surface area (Å²) in [6.07, 6.45) is -1.06. The number of amides is 1. The van der Waals surface area contributed by atoms with Crippen LogP contribution >= 0.6 is 0 Å². The Bertz CT molecular complexity index is 1620. The SMILES string of the molecule is CC(C)(C)OC(=O)c1ccc(C[C@H](NC(=O)OCC2c3ccccc3-c3ccccc32)C(=O)OCc2ccccc2)c(F)c1. The van der Waals surface area contributed by atoms with Crippen molar-refractivity contribution in [2.75, 3.05) is 6.61 Å². The van der Waals surface area contributed by atoms with Crippen LogP contribution in [0.5, 0.6) is 0 Å². The van der Waals surface area contributed by atoms with Gasteiger partial charge in [0.05, 0.1) is 5.56 Å². The van der Waals surface area contributed by atoms with Crippen LogP contribution in [0.4, 0.5) is 9.18 Å². The second-order valence-electron chi connectivity index (χ2n) is 11.6. The molecular formula is C36H34FNO6. The zero-order valence-corrected chi connectivity index (χ0v) is 24.8. The van der Waals surface area contributed by atoms with E-state index in [0.29, 0.717) is 0 Å². The number of ether oxygens (including phenoxy) is 3. The number of carbonyl (C=O) groups is 3. The van der Waals surface area contributed by atoms with E-state index in [4.69, 9.17) is 14.2 Å². The smallest absolute Gasteiger partial charge is 0.407 e. The van der Waals surface area contributed by atoms with Crippen LogP contribution in [0.2, 0.25) is 0 Å². The molecule has 1 N–H and O–H groups in total. The van der Waals surface area contributed by atoms with E-state index < -0.39 is 35.5 Å². The maximum Gasteiger partial charge on any atom is 0.407 e. The van der Waals surface area contributed by atoms with Crippen LogP contribution in [0.25, 0.3) is 11.1 Å². The first-order valence-electron chi connectivity index (χ1n) is 14.4. The maximum atomic E-state index is 15.2. The molecule has 0 fully saturated rings. The molecule has 0 saturated heterocycles. The van der Waals surface area contributed by atoms with Gasteiger partial charge in [0.15, 0.2) is 0 Å². The number of nitrogens with one attached hydrogen (secondary N) is 1. The third-order valence-electron chi connectivity index (χ3n) is 7.26. The molecule has 1 aliphatic rings. The van der Waals surface area contributed by atoms with Gasteiger partial charge in [-0.05, 0) is 66.3 Å². The molecule has 44 heavy (non-hydrogen) atoms. The normalized spacial score (nSPS) is 12.9. The quantitative estimate of drug-likeness (QED) is 0.166. The standard InChI is InChI=1S/C36H34FNO6/c1-36(2,3)44-33(39)25-18-17-24(31(37)19-25)20-32(34(40)42-21-23-11-5-4-6-12-23)38-35(41)43-22-30-28-15-9-7-13-26(28)27-14-8-10-16-29(27)30/h4-19,30,32H,20-22H2,1-3H3,(H,38,41)/t32-/m0/s1. The number of fused-ring (bicyclic) bond motifs is 3. The predicted octanol–water partition coefficient (Wildman–Crippen LogP) is 6.97. The van der Waals surface area contributed by atoms with Gasteiger partial charge < -0.3 is 19.5 Å². The molecule has 8 heteroatoms. The molecule has 1 amide bonds. The van der Waals surface area contributed by atoms with E-state index >= 15 is 4.39 Å². The molecule has 0 spiro atoms. The molecule has 4 aromatic carbocycles. The van der Waals surface area contributed by atoms with Gasteiger partial charge in [0.2, 0.25) is 0 Å². The summed E-state index contributed by atoms with van der Waals surface area (Å²) in [6.45, 7) is 5.18. The Morgan fingerprint density at radius 3 is 2.05 bits per heavy atom. The molecule has 4 aromatic rings. The van der Waals surface area contributed by atoms with Gasteiger partial charge in [-0.25, -0.2) is 18.8 Å². The minimum Gasteiger partial charge on any atom is -0.459 e. The van der Waals surface area contributed by atoms with Crippen LogP contribution in [0.3, 0.4) is 0 Å². The Morgan fingerprint density at radius 1 is 0.818 bits per heavy atom. The van der Waals surface area contributed by atoms with Crippen LogP contribution in [-0.2, 0) is 32.0 Å². The van der Waals surface area contributed by atoms with E-state index in [1.807, 2.05) is 66.7 Å². The van der Waals surface area contributed by atoms with Crippen molar-refractivity contribution in [2.45, 2.75) is 51.4 Å². The Hall–Kier alpha value is -4.98. The lowest BCUT2D eigenvalue weighted by molar-refractivity contribution is -0.147. The number of hydrogen-bond acceptors (Lipinski definition) is 6. The Kier molecular flexibility index (Phi) is 9.09. The third-order valence-corrected chi connectivity index (χ3v) is 7.26. The summed E-state index contributed by atoms with van der Waals surface area (Å²) in [5.74, 6) is -2.31. The van der Waals surface area contributed by atoms with Crippen LogP contribution in [-0.4, -0.2) is 36.3 Å². The highest BCUT2D eigenvalue weighted by Crippen LogP contribution is 2.44. The zero-order chi connectivity index (χ0) is 31.3. The first kappa shape index (κ1) is 30.5. The zero-order valence-electron chi connectivity index (χ0n) is 24.8. The molecule has 0 aliphatic heterocycles. The van der Waals surface area contributed by atoms with E-state index in [-0.39, 0.29) is 36.7 Å². The topological polar surface area (TPSA) is 90.9 Å². The Labute approximate surface area is 256 Å². The third kappa shape index (κ3) is 7.32. The van der Waals surface area contributed by atoms with E-state index in [0.717, 1.165) is 33.9 Å². The van der Waals surface area contributed by atoms with Crippen LogP contribution in [0.1, 0.15) is 59.3 Å². The fourth-order valence-corrected chi connectivity index (χ4v) is 5.20. The highest BCUT2D eigenvalue weighted by Gasteiger charge is 2.30. The molecule has 0 saturated carbocycles. The van der Waals surface area contributed by atoms with Crippen molar-refractivity contribution in [1.29, 1.82) is 0 Å². The van der Waals surface area contributed by atoms with E-state index in [1.165, 1.54) is 12.1 Å². The minimum absolute atomic E-state index is 0.0252. The molecule has 1 atom stereocenters. The maximum absolute atomic E-state index is 15.2. The summed E-state index contributed by atoms with van der Waals surface area (Å²) in [6, 6.07) is 27.6. The molecule has 0 aromatic heterocycles. The predicted molar refractivity (Wildman–Crippen MR) is 164 cm³/mol. The van der Waals surface area contributed by atoms with E-state index in [2.05, 4.69) is 5.32 Å². The van der Waals surface area contributed by atoms with Gasteiger partial charge in [-0.1, -0.05) is 84.9 Å². The Morgan fingerprint density at radius 2 is 1.43 bits per heavy atom. The second-order valence-corrected chi connectivity index (χ2v) is 11.6. The molecule has 0 unspecified atom stereocenters. The molecule has 5 rings (SSSR count). The summed E-state index contributed by atoms with van der Waals surface area (Å²) >= 11 is 0. The van der Waals surface area contributed by atoms with Crippen LogP contribution < -0.4 is 5.32 Å². The molecule has 0 heterocycles. The van der Waals surface area contributed by atoms with Crippen molar-refractivity contribution in [2.24, 2.45) is 0 Å². The lowest BCUT2D eigenvalue weighted by Crippen LogP contribution is -2.44. The van der Waals surface area contributed by atoms with Crippen molar-refractivity contribution in [3.8, 4) is 11.1 Å². The average Bonchev–Trinajstić information content (AvgIpc) is 3.32. The molecule has 1 aliphatic carbocycles. The van der Waals surface area contributed by atoms with Crippen molar-refractivity contribution in [3.63, 3.8) is 0 Å². The number of benzene rings is 4. The summed E-state index contributed by atoms with van der Waals surface area (Å²) < 4.78 is 31.6. The first-order chi connectivity index (χ1) is 21.1. The lowest BCUT2D eigenvalue weighted by atomic mass is 9.98. The summed E-state index contributed by atoms with van der Waals surface area (Å²) in [5.41, 5.74) is 4.43. The van der Waals surface area contributed by atoms with Gasteiger partial charge in [-0.3, -0.25) is 0 Å². The highest BCUT2D eigenvalue weighted by atomic mass is 19.1. The highest BCUT2D eigenvalue weighted by molar-refractivity contribution is 5.90. The van der Waals surface area contributed by atoms with Crippen molar-refractivity contribution in [3.05, 3.63) is 131 Å². The van der Waals surface area contributed by atoms with Gasteiger partial charge >= 0.3 is 18.0 Å².